The van der Waals surface area contributed by atoms with Gasteiger partial charge in [-0.05, 0) is 25.5 Å². The van der Waals surface area contributed by atoms with E-state index in [0.29, 0.717) is 19.3 Å². The van der Waals surface area contributed by atoms with Crippen molar-refractivity contribution in [1.29, 1.82) is 0 Å². The molecule has 1 unspecified atom stereocenters. The maximum atomic E-state index is 5.52. The molecule has 0 aliphatic heterocycles. The van der Waals surface area contributed by atoms with Crippen LogP contribution < -0.4 is 0 Å². The molecule has 1 aromatic rings. The van der Waals surface area contributed by atoms with Gasteiger partial charge in [0.05, 0.1) is 25.9 Å². The molecule has 0 bridgehead atoms. The van der Waals surface area contributed by atoms with Gasteiger partial charge in [-0.25, -0.2) is 0 Å². The van der Waals surface area contributed by atoms with E-state index in [1.54, 1.807) is 0 Å². The molecule has 0 spiro atoms. The van der Waals surface area contributed by atoms with Gasteiger partial charge in [-0.1, -0.05) is 25.1 Å². The van der Waals surface area contributed by atoms with Crippen LogP contribution in [0.5, 0.6) is 0 Å². The average Bonchev–Trinajstić information content (AvgIpc) is 2.38. The summed E-state index contributed by atoms with van der Waals surface area (Å²) in [6.45, 7) is 6.39. The highest BCUT2D eigenvalue weighted by molar-refractivity contribution is 7.99. The zero-order chi connectivity index (χ0) is 12.3. The second-order valence-electron chi connectivity index (χ2n) is 3.86. The molecule has 1 rings (SSSR count). The first-order chi connectivity index (χ1) is 8.33. The molecule has 0 N–H and O–H groups in total. The minimum atomic E-state index is 0.345. The second kappa shape index (κ2) is 9.51. The molecule has 0 aliphatic carbocycles. The summed E-state index contributed by atoms with van der Waals surface area (Å²) in [5, 5.41) is 0. The lowest BCUT2D eigenvalue weighted by Gasteiger charge is -2.10. The molecular formula is C14H22O2S. The van der Waals surface area contributed by atoms with Gasteiger partial charge in [-0.15, -0.1) is 11.8 Å². The normalized spacial score (nSPS) is 12.6. The first kappa shape index (κ1) is 14.6. The number of ether oxygens (including phenoxy) is 2. The Morgan fingerprint density at radius 3 is 2.59 bits per heavy atom. The third-order valence-electron chi connectivity index (χ3n) is 2.44. The van der Waals surface area contributed by atoms with Crippen LogP contribution in [-0.2, 0) is 9.47 Å². The van der Waals surface area contributed by atoms with Crippen LogP contribution in [0.3, 0.4) is 0 Å². The van der Waals surface area contributed by atoms with E-state index in [9.17, 15) is 0 Å². The fraction of sp³-hybridized carbons (Fsp3) is 0.571. The highest BCUT2D eigenvalue weighted by atomic mass is 32.2. The van der Waals surface area contributed by atoms with Crippen molar-refractivity contribution in [3.63, 3.8) is 0 Å². The molecular weight excluding hydrogens is 232 g/mol. The Kier molecular flexibility index (Phi) is 8.14. The molecule has 0 saturated heterocycles. The van der Waals surface area contributed by atoms with Crippen LogP contribution in [0.4, 0.5) is 0 Å². The molecule has 0 aliphatic rings. The molecule has 17 heavy (non-hydrogen) atoms. The molecule has 1 aromatic carbocycles. The van der Waals surface area contributed by atoms with Crippen molar-refractivity contribution in [3.05, 3.63) is 30.3 Å². The van der Waals surface area contributed by atoms with Gasteiger partial charge in [0.1, 0.15) is 0 Å². The summed E-state index contributed by atoms with van der Waals surface area (Å²) in [4.78, 5) is 1.30. The minimum Gasteiger partial charge on any atom is -0.378 e. The summed E-state index contributed by atoms with van der Waals surface area (Å²) in [7, 11) is 0. The highest BCUT2D eigenvalue weighted by Gasteiger charge is 1.97. The van der Waals surface area contributed by atoms with Crippen LogP contribution >= 0.6 is 11.8 Å². The summed E-state index contributed by atoms with van der Waals surface area (Å²) in [5.74, 6) is 0.993. The smallest absolute Gasteiger partial charge is 0.0704 e. The monoisotopic (exact) mass is 254 g/mol. The Morgan fingerprint density at radius 2 is 1.88 bits per heavy atom. The molecule has 3 heteroatoms. The second-order valence-corrected chi connectivity index (χ2v) is 5.03. The zero-order valence-electron chi connectivity index (χ0n) is 10.7. The molecule has 0 fully saturated rings. The first-order valence-electron chi connectivity index (χ1n) is 6.20. The summed E-state index contributed by atoms with van der Waals surface area (Å²) in [6.07, 6.45) is 1.40. The molecule has 1 atom stereocenters. The van der Waals surface area contributed by atoms with Gasteiger partial charge in [-0.2, -0.15) is 0 Å². The number of hydrogen-bond donors (Lipinski definition) is 0. The molecule has 96 valence electrons. The van der Waals surface area contributed by atoms with Crippen molar-refractivity contribution in [3.8, 4) is 0 Å². The van der Waals surface area contributed by atoms with E-state index in [0.717, 1.165) is 18.8 Å². The summed E-state index contributed by atoms with van der Waals surface area (Å²) in [6, 6.07) is 10.4. The first-order valence-corrected chi connectivity index (χ1v) is 7.18. The lowest BCUT2D eigenvalue weighted by atomic mass is 10.3. The van der Waals surface area contributed by atoms with Crippen LogP contribution in [0.25, 0.3) is 0 Å². The standard InChI is InChI=1S/C14H22O2S/c1-3-13(2)16-10-9-15-11-12-17-14-7-5-4-6-8-14/h4-8,13H,3,9-12H2,1-2H3. The van der Waals surface area contributed by atoms with Gasteiger partial charge in [-0.3, -0.25) is 0 Å². The van der Waals surface area contributed by atoms with E-state index in [-0.39, 0.29) is 0 Å². The van der Waals surface area contributed by atoms with Crippen molar-refractivity contribution < 1.29 is 9.47 Å². The third-order valence-corrected chi connectivity index (χ3v) is 3.42. The summed E-state index contributed by atoms with van der Waals surface area (Å²) >= 11 is 1.82. The number of thioether (sulfide) groups is 1. The molecule has 0 radical (unpaired) electrons. The maximum Gasteiger partial charge on any atom is 0.0704 e. The van der Waals surface area contributed by atoms with Crippen LogP contribution in [0.15, 0.2) is 35.2 Å². The van der Waals surface area contributed by atoms with Crippen LogP contribution in [0, 0.1) is 0 Å². The quantitative estimate of drug-likeness (QED) is 0.495. The largest absolute Gasteiger partial charge is 0.378 e. The molecule has 0 aromatic heterocycles. The maximum absolute atomic E-state index is 5.52. The van der Waals surface area contributed by atoms with E-state index in [1.807, 2.05) is 17.8 Å². The number of rotatable bonds is 9. The van der Waals surface area contributed by atoms with E-state index >= 15 is 0 Å². The highest BCUT2D eigenvalue weighted by Crippen LogP contribution is 2.16. The Balaban J connectivity index is 1.91. The van der Waals surface area contributed by atoms with Gasteiger partial charge < -0.3 is 9.47 Å². The van der Waals surface area contributed by atoms with Crippen molar-refractivity contribution in [1.82, 2.24) is 0 Å². The SMILES string of the molecule is CCC(C)OCCOCCSc1ccccc1. The van der Waals surface area contributed by atoms with Crippen molar-refractivity contribution in [2.45, 2.75) is 31.3 Å². The average molecular weight is 254 g/mol. The molecule has 0 heterocycles. The van der Waals surface area contributed by atoms with E-state index < -0.39 is 0 Å². The van der Waals surface area contributed by atoms with Gasteiger partial charge in [0.2, 0.25) is 0 Å². The topological polar surface area (TPSA) is 18.5 Å². The van der Waals surface area contributed by atoms with E-state index in [4.69, 9.17) is 9.47 Å². The number of hydrogen-bond acceptors (Lipinski definition) is 3. The predicted molar refractivity (Wildman–Crippen MR) is 73.7 cm³/mol. The van der Waals surface area contributed by atoms with Gasteiger partial charge in [0.25, 0.3) is 0 Å². The van der Waals surface area contributed by atoms with Crippen LogP contribution in [0.1, 0.15) is 20.3 Å². The van der Waals surface area contributed by atoms with Crippen LogP contribution in [-0.4, -0.2) is 31.7 Å². The Bertz CT molecular complexity index is 277. The minimum absolute atomic E-state index is 0.345. The van der Waals surface area contributed by atoms with E-state index in [1.165, 1.54) is 4.90 Å². The van der Waals surface area contributed by atoms with Crippen molar-refractivity contribution >= 4 is 11.8 Å². The Morgan fingerprint density at radius 1 is 1.12 bits per heavy atom. The predicted octanol–water partition coefficient (Wildman–Crippen LogP) is 3.61. The van der Waals surface area contributed by atoms with Gasteiger partial charge in [0, 0.05) is 10.6 Å². The molecule has 2 nitrogen and oxygen atoms in total. The van der Waals surface area contributed by atoms with Crippen molar-refractivity contribution in [2.24, 2.45) is 0 Å². The van der Waals surface area contributed by atoms with Crippen molar-refractivity contribution in [2.75, 3.05) is 25.6 Å². The lowest BCUT2D eigenvalue weighted by molar-refractivity contribution is 0.0148. The van der Waals surface area contributed by atoms with Gasteiger partial charge >= 0.3 is 0 Å². The molecule has 0 saturated carbocycles. The fourth-order valence-corrected chi connectivity index (χ4v) is 2.05. The number of benzene rings is 1. The zero-order valence-corrected chi connectivity index (χ0v) is 11.5. The Hall–Kier alpha value is -0.510. The lowest BCUT2D eigenvalue weighted by Crippen LogP contribution is -2.12. The summed E-state index contributed by atoms with van der Waals surface area (Å²) < 4.78 is 11.0. The Labute approximate surface area is 109 Å². The molecule has 0 amide bonds. The van der Waals surface area contributed by atoms with Gasteiger partial charge in [0.15, 0.2) is 0 Å². The fourth-order valence-electron chi connectivity index (χ4n) is 1.26. The van der Waals surface area contributed by atoms with Crippen LogP contribution in [0.2, 0.25) is 0 Å². The third kappa shape index (κ3) is 7.42. The summed E-state index contributed by atoms with van der Waals surface area (Å²) in [5.41, 5.74) is 0. The van der Waals surface area contributed by atoms with E-state index in [2.05, 4.69) is 38.1 Å².